The van der Waals surface area contributed by atoms with Gasteiger partial charge in [-0.3, -0.25) is 0 Å². The van der Waals surface area contributed by atoms with Crippen LogP contribution >= 0.6 is 23.8 Å². The lowest BCUT2D eigenvalue weighted by atomic mass is 9.69. The zero-order chi connectivity index (χ0) is 26.5. The van der Waals surface area contributed by atoms with Crippen LogP contribution in [0.5, 0.6) is 0 Å². The number of aromatic nitrogens is 2. The van der Waals surface area contributed by atoms with E-state index in [1.54, 1.807) is 0 Å². The van der Waals surface area contributed by atoms with E-state index >= 15 is 0 Å². The van der Waals surface area contributed by atoms with Gasteiger partial charge in [-0.25, -0.2) is 0 Å². The zero-order valence-corrected chi connectivity index (χ0v) is 24.6. The summed E-state index contributed by atoms with van der Waals surface area (Å²) >= 11 is 12.0. The van der Waals surface area contributed by atoms with Gasteiger partial charge in [0.25, 0.3) is 0 Å². The first-order chi connectivity index (χ1) is 18.4. The molecule has 6 nitrogen and oxygen atoms in total. The van der Waals surface area contributed by atoms with Crippen molar-refractivity contribution >= 4 is 46.5 Å². The molecule has 38 heavy (non-hydrogen) atoms. The van der Waals surface area contributed by atoms with E-state index in [9.17, 15) is 0 Å². The molecule has 206 valence electrons. The molecule has 3 heterocycles. The summed E-state index contributed by atoms with van der Waals surface area (Å²) in [6, 6.07) is 10.6. The molecule has 0 radical (unpaired) electrons. The minimum atomic E-state index is 0.0658. The highest BCUT2D eigenvalue weighted by molar-refractivity contribution is 7.80. The van der Waals surface area contributed by atoms with Crippen molar-refractivity contribution in [2.75, 3.05) is 47.8 Å². The SMILES string of the molecule is CC1CC(C)CN(c2cc(N3CCCCC3)nc(NC(=S)NCC3(c4ccc(Cl)cc4)CCCCC3)n2)C1. The van der Waals surface area contributed by atoms with Crippen molar-refractivity contribution in [1.82, 2.24) is 15.3 Å². The van der Waals surface area contributed by atoms with Crippen molar-refractivity contribution < 1.29 is 0 Å². The monoisotopic (exact) mass is 554 g/mol. The third-order valence-corrected chi connectivity index (χ3v) is 9.15. The topological polar surface area (TPSA) is 56.3 Å². The Bertz CT molecular complexity index is 1070. The van der Waals surface area contributed by atoms with Crippen molar-refractivity contribution in [2.24, 2.45) is 11.8 Å². The lowest BCUT2D eigenvalue weighted by Gasteiger charge is -2.38. The summed E-state index contributed by atoms with van der Waals surface area (Å²) < 4.78 is 0. The number of thiocarbonyl (C=S) groups is 1. The number of piperidine rings is 2. The second-order valence-corrected chi connectivity index (χ2v) is 12.8. The number of rotatable bonds is 6. The van der Waals surface area contributed by atoms with Crippen molar-refractivity contribution in [2.45, 2.75) is 77.0 Å². The maximum absolute atomic E-state index is 6.20. The Balaban J connectivity index is 1.33. The number of nitrogens with one attached hydrogen (secondary N) is 2. The molecule has 0 spiro atoms. The van der Waals surface area contributed by atoms with Gasteiger partial charge in [-0.15, -0.1) is 0 Å². The maximum atomic E-state index is 6.20. The fourth-order valence-corrected chi connectivity index (χ4v) is 7.06. The molecule has 1 saturated carbocycles. The average Bonchev–Trinajstić information content (AvgIpc) is 2.92. The van der Waals surface area contributed by atoms with Crippen LogP contribution in [0.25, 0.3) is 0 Å². The van der Waals surface area contributed by atoms with Crippen LogP contribution in [0.3, 0.4) is 0 Å². The minimum Gasteiger partial charge on any atom is -0.361 e. The highest BCUT2D eigenvalue weighted by Crippen LogP contribution is 2.39. The summed E-state index contributed by atoms with van der Waals surface area (Å²) in [7, 11) is 0. The van der Waals surface area contributed by atoms with Crippen LogP contribution in [-0.4, -0.2) is 47.8 Å². The van der Waals surface area contributed by atoms with Crippen molar-refractivity contribution in [3.63, 3.8) is 0 Å². The van der Waals surface area contributed by atoms with Crippen LogP contribution in [0.2, 0.25) is 5.02 Å². The van der Waals surface area contributed by atoms with Gasteiger partial charge >= 0.3 is 0 Å². The first-order valence-electron chi connectivity index (χ1n) is 14.6. The molecule has 2 saturated heterocycles. The predicted octanol–water partition coefficient (Wildman–Crippen LogP) is 6.79. The van der Waals surface area contributed by atoms with E-state index in [1.807, 2.05) is 12.1 Å². The fraction of sp³-hybridized carbons (Fsp3) is 0.633. The Hall–Kier alpha value is -2.12. The molecule has 0 bridgehead atoms. The van der Waals surface area contributed by atoms with Crippen molar-refractivity contribution in [1.29, 1.82) is 0 Å². The number of benzene rings is 1. The molecule has 2 aliphatic heterocycles. The van der Waals surface area contributed by atoms with Crippen LogP contribution in [0.15, 0.2) is 30.3 Å². The number of nitrogens with zero attached hydrogens (tertiary/aromatic N) is 4. The van der Waals surface area contributed by atoms with Gasteiger partial charge in [0.15, 0.2) is 5.11 Å². The van der Waals surface area contributed by atoms with Crippen LogP contribution in [0.1, 0.15) is 77.2 Å². The second-order valence-electron chi connectivity index (χ2n) is 12.0. The van der Waals surface area contributed by atoms with E-state index in [1.165, 1.54) is 50.5 Å². The number of hydrogen-bond donors (Lipinski definition) is 2. The predicted molar refractivity (Wildman–Crippen MR) is 164 cm³/mol. The molecular weight excluding hydrogens is 512 g/mol. The molecule has 5 rings (SSSR count). The second kappa shape index (κ2) is 12.4. The summed E-state index contributed by atoms with van der Waals surface area (Å²) in [6.45, 7) is 9.65. The standard InChI is InChI=1S/C30H43ClN6S/c1-22-17-23(2)20-37(19-22)27-18-26(36-15-7-4-8-16-36)33-28(34-27)35-29(38)32-21-30(13-5-3-6-14-30)24-9-11-25(31)12-10-24/h9-12,18,22-23H,3-8,13-17,19-21H2,1-2H3,(H2,32,33,34,35,38). The molecule has 2 N–H and O–H groups in total. The van der Waals surface area contributed by atoms with Gasteiger partial charge in [0.1, 0.15) is 11.6 Å². The van der Waals surface area contributed by atoms with Crippen LogP contribution in [0.4, 0.5) is 17.6 Å². The molecule has 3 fully saturated rings. The van der Waals surface area contributed by atoms with Gasteiger partial charge in [-0.2, -0.15) is 9.97 Å². The Morgan fingerprint density at radius 3 is 2.18 bits per heavy atom. The molecule has 2 aromatic rings. The van der Waals surface area contributed by atoms with Crippen LogP contribution in [-0.2, 0) is 5.41 Å². The third-order valence-electron chi connectivity index (χ3n) is 8.65. The minimum absolute atomic E-state index is 0.0658. The highest BCUT2D eigenvalue weighted by atomic mass is 35.5. The summed E-state index contributed by atoms with van der Waals surface area (Å²) in [4.78, 5) is 14.8. The lowest BCUT2D eigenvalue weighted by Crippen LogP contribution is -2.44. The number of hydrogen-bond acceptors (Lipinski definition) is 5. The smallest absolute Gasteiger partial charge is 0.232 e. The first kappa shape index (κ1) is 27.4. The molecule has 1 aromatic carbocycles. The average molecular weight is 555 g/mol. The molecule has 2 unspecified atom stereocenters. The zero-order valence-electron chi connectivity index (χ0n) is 23.0. The summed E-state index contributed by atoms with van der Waals surface area (Å²) in [5, 5.41) is 8.28. The first-order valence-corrected chi connectivity index (χ1v) is 15.4. The Labute approximate surface area is 238 Å². The van der Waals surface area contributed by atoms with Gasteiger partial charge < -0.3 is 20.4 Å². The highest BCUT2D eigenvalue weighted by Gasteiger charge is 2.34. The van der Waals surface area contributed by atoms with Crippen LogP contribution in [0, 0.1) is 11.8 Å². The van der Waals surface area contributed by atoms with E-state index in [2.05, 4.69) is 52.5 Å². The molecular formula is C30H43ClN6S. The Morgan fingerprint density at radius 1 is 0.921 bits per heavy atom. The third kappa shape index (κ3) is 6.71. The van der Waals surface area contributed by atoms with Crippen LogP contribution < -0.4 is 20.4 Å². The van der Waals surface area contributed by atoms with E-state index in [0.717, 1.165) is 62.2 Å². The summed E-state index contributed by atoms with van der Waals surface area (Å²) in [6.07, 6.45) is 11.1. The number of halogens is 1. The van der Waals surface area contributed by atoms with Crippen molar-refractivity contribution in [3.05, 3.63) is 40.9 Å². The normalized spacial score (nSPS) is 23.7. The number of anilines is 3. The molecule has 3 aliphatic rings. The van der Waals surface area contributed by atoms with Gasteiger partial charge in [-0.05, 0) is 80.3 Å². The largest absolute Gasteiger partial charge is 0.361 e. The Morgan fingerprint density at radius 2 is 1.53 bits per heavy atom. The van der Waals surface area contributed by atoms with Crippen molar-refractivity contribution in [3.8, 4) is 0 Å². The molecule has 2 atom stereocenters. The quantitative estimate of drug-likeness (QED) is 0.381. The van der Waals surface area contributed by atoms with Gasteiger partial charge in [0.2, 0.25) is 5.95 Å². The molecule has 8 heteroatoms. The summed E-state index contributed by atoms with van der Waals surface area (Å²) in [5.41, 5.74) is 1.41. The van der Waals surface area contributed by atoms with E-state index in [0.29, 0.717) is 22.9 Å². The summed E-state index contributed by atoms with van der Waals surface area (Å²) in [5.74, 6) is 3.93. The van der Waals surface area contributed by atoms with Gasteiger partial charge in [0.05, 0.1) is 0 Å². The Kier molecular flexibility index (Phi) is 8.94. The van der Waals surface area contributed by atoms with E-state index < -0.39 is 0 Å². The van der Waals surface area contributed by atoms with Gasteiger partial charge in [0, 0.05) is 49.2 Å². The fourth-order valence-electron chi connectivity index (χ4n) is 6.77. The lowest BCUT2D eigenvalue weighted by molar-refractivity contribution is 0.292. The molecule has 1 aromatic heterocycles. The maximum Gasteiger partial charge on any atom is 0.232 e. The molecule has 1 aliphatic carbocycles. The van der Waals surface area contributed by atoms with Gasteiger partial charge in [-0.1, -0.05) is 56.8 Å². The van der Waals surface area contributed by atoms with E-state index in [4.69, 9.17) is 33.8 Å². The molecule has 0 amide bonds. The van der Waals surface area contributed by atoms with E-state index in [-0.39, 0.29) is 5.41 Å².